The molecule has 2 aliphatic rings. The second-order valence-corrected chi connectivity index (χ2v) is 10.2. The van der Waals surface area contributed by atoms with E-state index in [4.69, 9.17) is 23.7 Å². The van der Waals surface area contributed by atoms with Crippen molar-refractivity contribution in [3.05, 3.63) is 53.0 Å². The molecule has 0 bridgehead atoms. The van der Waals surface area contributed by atoms with Gasteiger partial charge in [-0.3, -0.25) is 14.9 Å². The van der Waals surface area contributed by atoms with Gasteiger partial charge in [-0.2, -0.15) is 0 Å². The molecule has 2 aromatic carbocycles. The van der Waals surface area contributed by atoms with Crippen molar-refractivity contribution in [1.29, 1.82) is 0 Å². The predicted octanol–water partition coefficient (Wildman–Crippen LogP) is 3.60. The zero-order valence-corrected chi connectivity index (χ0v) is 22.6. The van der Waals surface area contributed by atoms with Crippen LogP contribution in [0.1, 0.15) is 35.8 Å². The number of likely N-dealkylation sites (tertiary alicyclic amines) is 1. The van der Waals surface area contributed by atoms with Gasteiger partial charge in [0, 0.05) is 25.3 Å². The monoisotopic (exact) mass is 554 g/mol. The van der Waals surface area contributed by atoms with Crippen molar-refractivity contribution in [2.24, 2.45) is 0 Å². The third-order valence-electron chi connectivity index (χ3n) is 6.49. The lowest BCUT2D eigenvalue weighted by Crippen LogP contribution is -2.34. The molecular formula is C27H30N4O7S. The molecule has 2 atom stereocenters. The zero-order valence-electron chi connectivity index (χ0n) is 21.8. The van der Waals surface area contributed by atoms with Gasteiger partial charge in [0.15, 0.2) is 22.8 Å². The molecule has 0 spiro atoms. The number of nitrogens with one attached hydrogen (secondary N) is 1. The van der Waals surface area contributed by atoms with Gasteiger partial charge in [0.25, 0.3) is 0 Å². The maximum atomic E-state index is 12.7. The summed E-state index contributed by atoms with van der Waals surface area (Å²) >= 11 is 1.22. The number of anilines is 1. The third-order valence-corrected chi connectivity index (χ3v) is 7.30. The van der Waals surface area contributed by atoms with Crippen LogP contribution in [0.25, 0.3) is 0 Å². The van der Waals surface area contributed by atoms with Crippen molar-refractivity contribution in [1.82, 2.24) is 15.1 Å². The summed E-state index contributed by atoms with van der Waals surface area (Å²) in [5, 5.41) is 11.8. The fourth-order valence-corrected chi connectivity index (χ4v) is 5.15. The molecule has 3 aromatic rings. The average molecular weight is 555 g/mol. The first-order valence-electron chi connectivity index (χ1n) is 12.6. The van der Waals surface area contributed by atoms with E-state index in [0.29, 0.717) is 47.0 Å². The second kappa shape index (κ2) is 12.3. The summed E-state index contributed by atoms with van der Waals surface area (Å²) in [4.78, 5) is 26.9. The summed E-state index contributed by atoms with van der Waals surface area (Å²) in [6.07, 6.45) is 1.79. The first-order chi connectivity index (χ1) is 19.0. The Balaban J connectivity index is 1.13. The fourth-order valence-electron chi connectivity index (χ4n) is 4.48. The van der Waals surface area contributed by atoms with Gasteiger partial charge in [0.1, 0.15) is 18.1 Å². The first-order valence-corrected chi connectivity index (χ1v) is 13.5. The van der Waals surface area contributed by atoms with Gasteiger partial charge in [-0.05, 0) is 48.4 Å². The van der Waals surface area contributed by atoms with E-state index in [0.717, 1.165) is 24.2 Å². The smallest absolute Gasteiger partial charge is 0.245 e. The number of rotatable bonds is 11. The Labute approximate surface area is 230 Å². The van der Waals surface area contributed by atoms with Crippen molar-refractivity contribution in [2.75, 3.05) is 39.2 Å². The minimum absolute atomic E-state index is 0.0636. The van der Waals surface area contributed by atoms with E-state index >= 15 is 0 Å². The number of benzene rings is 2. The molecule has 206 valence electrons. The number of nitrogens with zero attached hydrogens (tertiary/aromatic N) is 3. The van der Waals surface area contributed by atoms with Crippen LogP contribution >= 0.6 is 11.3 Å². The van der Waals surface area contributed by atoms with Gasteiger partial charge < -0.3 is 28.6 Å². The van der Waals surface area contributed by atoms with Crippen molar-refractivity contribution in [3.63, 3.8) is 0 Å². The van der Waals surface area contributed by atoms with Crippen molar-refractivity contribution in [2.45, 2.75) is 38.1 Å². The van der Waals surface area contributed by atoms with Crippen molar-refractivity contribution in [3.8, 4) is 23.0 Å². The van der Waals surface area contributed by atoms with Gasteiger partial charge in [-0.1, -0.05) is 17.4 Å². The van der Waals surface area contributed by atoms with Gasteiger partial charge in [0.2, 0.25) is 16.9 Å². The molecule has 3 heterocycles. The van der Waals surface area contributed by atoms with Crippen LogP contribution in [0, 0.1) is 0 Å². The van der Waals surface area contributed by atoms with Crippen molar-refractivity contribution >= 4 is 28.3 Å². The zero-order chi connectivity index (χ0) is 27.2. The average Bonchev–Trinajstić information content (AvgIpc) is 3.70. The summed E-state index contributed by atoms with van der Waals surface area (Å²) in [5.41, 5.74) is 0.950. The lowest BCUT2D eigenvalue weighted by molar-refractivity contribution is -0.131. The van der Waals surface area contributed by atoms with Crippen LogP contribution in [0.15, 0.2) is 42.5 Å². The number of carbonyl (C=O) groups is 2. The van der Waals surface area contributed by atoms with Gasteiger partial charge in [-0.15, -0.1) is 10.2 Å². The molecule has 0 radical (unpaired) electrons. The summed E-state index contributed by atoms with van der Waals surface area (Å²) in [6, 6.07) is 12.9. The molecule has 1 N–H and O–H groups in total. The summed E-state index contributed by atoms with van der Waals surface area (Å²) in [6.45, 7) is 1.25. The normalized spacial score (nSPS) is 18.7. The molecule has 11 nitrogen and oxygen atoms in total. The summed E-state index contributed by atoms with van der Waals surface area (Å²) < 4.78 is 27.9. The molecule has 12 heteroatoms. The van der Waals surface area contributed by atoms with Crippen LogP contribution in [0.3, 0.4) is 0 Å². The van der Waals surface area contributed by atoms with E-state index in [-0.39, 0.29) is 37.2 Å². The summed E-state index contributed by atoms with van der Waals surface area (Å²) in [7, 11) is 3.19. The number of ether oxygens (including phenoxy) is 5. The van der Waals surface area contributed by atoms with E-state index in [1.165, 1.54) is 11.3 Å². The van der Waals surface area contributed by atoms with Crippen LogP contribution in [-0.2, 0) is 20.9 Å². The standard InChI is InChI=1S/C27H30N4O7S/c1-34-19-6-8-20(9-7-19)37-16-24-29-30-27(39-24)28-23(32)15-31-14-18(13-25(31)33)17-5-10-21(35-2)22(12-17)38-26-4-3-11-36-26/h5-10,12,18,26H,3-4,11,13-16H2,1-2H3,(H,28,30,32)/t18-,26?/m1/s1. The largest absolute Gasteiger partial charge is 0.497 e. The van der Waals surface area contributed by atoms with E-state index in [1.807, 2.05) is 18.2 Å². The van der Waals surface area contributed by atoms with Crippen LogP contribution in [0.2, 0.25) is 0 Å². The maximum absolute atomic E-state index is 12.7. The van der Waals surface area contributed by atoms with Crippen LogP contribution in [-0.4, -0.2) is 67.1 Å². The highest BCUT2D eigenvalue weighted by Crippen LogP contribution is 2.36. The van der Waals surface area contributed by atoms with Crippen molar-refractivity contribution < 1.29 is 33.3 Å². The molecule has 0 aliphatic carbocycles. The van der Waals surface area contributed by atoms with E-state index < -0.39 is 0 Å². The molecule has 2 aliphatic heterocycles. The highest BCUT2D eigenvalue weighted by molar-refractivity contribution is 7.15. The topological polar surface area (TPSA) is 121 Å². The molecule has 1 unspecified atom stereocenters. The highest BCUT2D eigenvalue weighted by Gasteiger charge is 2.32. The molecule has 2 fully saturated rings. The second-order valence-electron chi connectivity index (χ2n) is 9.16. The Bertz CT molecular complexity index is 1290. The highest BCUT2D eigenvalue weighted by atomic mass is 32.1. The molecule has 2 amide bonds. The lowest BCUT2D eigenvalue weighted by atomic mass is 9.98. The molecule has 5 rings (SSSR count). The molecule has 39 heavy (non-hydrogen) atoms. The lowest BCUT2D eigenvalue weighted by Gasteiger charge is -2.19. The quantitative estimate of drug-likeness (QED) is 0.379. The number of amides is 2. The minimum Gasteiger partial charge on any atom is -0.497 e. The summed E-state index contributed by atoms with van der Waals surface area (Å²) in [5.74, 6) is 2.13. The Morgan fingerprint density at radius 2 is 1.92 bits per heavy atom. The number of methoxy groups -OCH3 is 2. The van der Waals surface area contributed by atoms with E-state index in [9.17, 15) is 9.59 Å². The Morgan fingerprint density at radius 1 is 1.10 bits per heavy atom. The maximum Gasteiger partial charge on any atom is 0.245 e. The Morgan fingerprint density at radius 3 is 2.67 bits per heavy atom. The number of hydrogen-bond acceptors (Lipinski definition) is 10. The van der Waals surface area contributed by atoms with Gasteiger partial charge in [0.05, 0.1) is 27.4 Å². The van der Waals surface area contributed by atoms with Gasteiger partial charge in [-0.25, -0.2) is 0 Å². The Kier molecular flexibility index (Phi) is 8.42. The number of carbonyl (C=O) groups excluding carboxylic acids is 2. The molecule has 1 aromatic heterocycles. The number of aromatic nitrogens is 2. The third kappa shape index (κ3) is 6.76. The van der Waals surface area contributed by atoms with Crippen LogP contribution in [0.5, 0.6) is 23.0 Å². The minimum atomic E-state index is -0.333. The Hall–Kier alpha value is -3.90. The van der Waals surface area contributed by atoms with E-state index in [2.05, 4.69) is 15.5 Å². The number of hydrogen-bond donors (Lipinski definition) is 1. The SMILES string of the molecule is COc1ccc(OCc2nnc(NC(=O)CN3C[C@H](c4ccc(OC)c(OC5CCCO5)c4)CC3=O)s2)cc1. The van der Waals surface area contributed by atoms with Crippen LogP contribution < -0.4 is 24.3 Å². The first kappa shape index (κ1) is 26.7. The fraction of sp³-hybridized carbons (Fsp3) is 0.407. The predicted molar refractivity (Wildman–Crippen MR) is 142 cm³/mol. The molecule has 0 saturated carbocycles. The molecule has 2 saturated heterocycles. The molecular weight excluding hydrogens is 524 g/mol. The van der Waals surface area contributed by atoms with Gasteiger partial charge >= 0.3 is 0 Å². The van der Waals surface area contributed by atoms with E-state index in [1.54, 1.807) is 43.4 Å². The van der Waals surface area contributed by atoms with Crippen LogP contribution in [0.4, 0.5) is 5.13 Å².